The van der Waals surface area contributed by atoms with Crippen LogP contribution in [0.25, 0.3) is 0 Å². The summed E-state index contributed by atoms with van der Waals surface area (Å²) in [6.45, 7) is 8.69. The summed E-state index contributed by atoms with van der Waals surface area (Å²) in [7, 11) is 1.82. The van der Waals surface area contributed by atoms with E-state index in [2.05, 4.69) is 31.4 Å². The van der Waals surface area contributed by atoms with Crippen molar-refractivity contribution in [2.45, 2.75) is 33.7 Å². The van der Waals surface area contributed by atoms with Crippen LogP contribution in [-0.4, -0.2) is 19.5 Å². The molecule has 2 N–H and O–H groups in total. The minimum absolute atomic E-state index is 0.00333. The molecule has 112 valence electrons. The predicted octanol–water partition coefficient (Wildman–Crippen LogP) is 2.88. The molecule has 2 unspecified atom stereocenters. The van der Waals surface area contributed by atoms with Crippen molar-refractivity contribution in [3.63, 3.8) is 0 Å². The topological polar surface area (TPSA) is 41.1 Å². The number of nitrogens with one attached hydrogen (secondary N) is 2. The first-order valence-electron chi connectivity index (χ1n) is 6.96. The molecule has 0 spiro atoms. The van der Waals surface area contributed by atoms with Crippen molar-refractivity contribution in [1.82, 2.24) is 10.6 Å². The van der Waals surface area contributed by atoms with Crippen LogP contribution in [0.5, 0.6) is 0 Å². The SMILES string of the molecule is CNCC(C)C(=O)NC(c1ccc(F)cc1)C(C)(C)C. The van der Waals surface area contributed by atoms with E-state index in [0.717, 1.165) is 5.56 Å². The highest BCUT2D eigenvalue weighted by Crippen LogP contribution is 2.33. The Kier molecular flexibility index (Phi) is 5.69. The summed E-state index contributed by atoms with van der Waals surface area (Å²) in [5, 5.41) is 6.07. The molecule has 0 aliphatic carbocycles. The van der Waals surface area contributed by atoms with Crippen LogP contribution in [-0.2, 0) is 4.79 Å². The fraction of sp³-hybridized carbons (Fsp3) is 0.562. The fourth-order valence-corrected chi connectivity index (χ4v) is 2.14. The van der Waals surface area contributed by atoms with Gasteiger partial charge in [0.05, 0.1) is 6.04 Å². The lowest BCUT2D eigenvalue weighted by atomic mass is 9.82. The first kappa shape index (κ1) is 16.6. The summed E-state index contributed by atoms with van der Waals surface area (Å²) in [5.41, 5.74) is 0.774. The quantitative estimate of drug-likeness (QED) is 0.870. The second-order valence-electron chi connectivity index (χ2n) is 6.32. The van der Waals surface area contributed by atoms with Gasteiger partial charge in [0.25, 0.3) is 0 Å². The zero-order valence-electron chi connectivity index (χ0n) is 13.0. The zero-order chi connectivity index (χ0) is 15.3. The van der Waals surface area contributed by atoms with Crippen LogP contribution in [0.3, 0.4) is 0 Å². The maximum atomic E-state index is 13.0. The molecule has 0 saturated carbocycles. The minimum atomic E-state index is -0.267. The van der Waals surface area contributed by atoms with Gasteiger partial charge in [0.1, 0.15) is 5.82 Å². The van der Waals surface area contributed by atoms with Crippen molar-refractivity contribution in [1.29, 1.82) is 0 Å². The van der Waals surface area contributed by atoms with Crippen LogP contribution >= 0.6 is 0 Å². The molecule has 0 fully saturated rings. The Morgan fingerprint density at radius 2 is 1.80 bits per heavy atom. The van der Waals surface area contributed by atoms with Gasteiger partial charge in [0.2, 0.25) is 5.91 Å². The van der Waals surface area contributed by atoms with E-state index in [4.69, 9.17) is 0 Å². The maximum absolute atomic E-state index is 13.0. The van der Waals surface area contributed by atoms with Crippen molar-refractivity contribution >= 4 is 5.91 Å². The van der Waals surface area contributed by atoms with Crippen LogP contribution in [0.1, 0.15) is 39.3 Å². The molecule has 0 saturated heterocycles. The van der Waals surface area contributed by atoms with E-state index in [-0.39, 0.29) is 29.1 Å². The van der Waals surface area contributed by atoms with Gasteiger partial charge in [-0.25, -0.2) is 4.39 Å². The first-order valence-corrected chi connectivity index (χ1v) is 6.96. The Bertz CT molecular complexity index is 437. The Morgan fingerprint density at radius 1 is 1.25 bits per heavy atom. The third-order valence-electron chi connectivity index (χ3n) is 3.31. The number of carbonyl (C=O) groups is 1. The first-order chi connectivity index (χ1) is 9.25. The number of amides is 1. The van der Waals surface area contributed by atoms with Gasteiger partial charge in [-0.2, -0.15) is 0 Å². The van der Waals surface area contributed by atoms with Gasteiger partial charge >= 0.3 is 0 Å². The highest BCUT2D eigenvalue weighted by molar-refractivity contribution is 5.79. The van der Waals surface area contributed by atoms with Gasteiger partial charge in [-0.1, -0.05) is 39.8 Å². The Hall–Kier alpha value is -1.42. The number of halogens is 1. The molecule has 20 heavy (non-hydrogen) atoms. The lowest BCUT2D eigenvalue weighted by molar-refractivity contribution is -0.125. The molecule has 0 radical (unpaired) electrons. The Morgan fingerprint density at radius 3 is 2.25 bits per heavy atom. The Labute approximate surface area is 121 Å². The van der Waals surface area contributed by atoms with E-state index >= 15 is 0 Å². The standard InChI is InChI=1S/C16H25FN2O/c1-11(10-18-5)15(20)19-14(16(2,3)4)12-6-8-13(17)9-7-12/h6-9,11,14,18H,10H2,1-5H3,(H,19,20). The molecule has 0 aliphatic rings. The average molecular weight is 280 g/mol. The van der Waals surface area contributed by atoms with E-state index in [0.29, 0.717) is 6.54 Å². The highest BCUT2D eigenvalue weighted by Gasteiger charge is 2.29. The molecule has 0 bridgehead atoms. The summed E-state index contributed by atoms with van der Waals surface area (Å²) >= 11 is 0. The second kappa shape index (κ2) is 6.84. The third-order valence-corrected chi connectivity index (χ3v) is 3.31. The van der Waals surface area contributed by atoms with Crippen LogP contribution in [0.15, 0.2) is 24.3 Å². The molecule has 1 amide bonds. The summed E-state index contributed by atoms with van der Waals surface area (Å²) in [6.07, 6.45) is 0. The summed E-state index contributed by atoms with van der Waals surface area (Å²) in [6, 6.07) is 6.17. The maximum Gasteiger partial charge on any atom is 0.224 e. The second-order valence-corrected chi connectivity index (χ2v) is 6.32. The van der Waals surface area contributed by atoms with Crippen molar-refractivity contribution in [3.05, 3.63) is 35.6 Å². The van der Waals surface area contributed by atoms with Crippen LogP contribution < -0.4 is 10.6 Å². The predicted molar refractivity (Wildman–Crippen MR) is 79.8 cm³/mol. The lowest BCUT2D eigenvalue weighted by Gasteiger charge is -2.33. The zero-order valence-corrected chi connectivity index (χ0v) is 13.0. The van der Waals surface area contributed by atoms with Gasteiger partial charge < -0.3 is 10.6 Å². The molecular formula is C16H25FN2O. The van der Waals surface area contributed by atoms with E-state index in [1.807, 2.05) is 14.0 Å². The molecule has 1 aromatic carbocycles. The monoisotopic (exact) mass is 280 g/mol. The van der Waals surface area contributed by atoms with Gasteiger partial charge in [-0.15, -0.1) is 0 Å². The molecular weight excluding hydrogens is 255 g/mol. The smallest absolute Gasteiger partial charge is 0.224 e. The molecule has 4 heteroatoms. The molecule has 0 aliphatic heterocycles. The number of hydrogen-bond donors (Lipinski definition) is 2. The van der Waals surface area contributed by atoms with Crippen molar-refractivity contribution in [3.8, 4) is 0 Å². The van der Waals surface area contributed by atoms with Gasteiger partial charge in [-0.05, 0) is 30.2 Å². The summed E-state index contributed by atoms with van der Waals surface area (Å²) in [5.74, 6) is -0.370. The van der Waals surface area contributed by atoms with E-state index in [1.54, 1.807) is 12.1 Å². The van der Waals surface area contributed by atoms with Gasteiger partial charge in [-0.3, -0.25) is 4.79 Å². The molecule has 0 heterocycles. The van der Waals surface area contributed by atoms with E-state index in [1.165, 1.54) is 12.1 Å². The molecule has 0 aromatic heterocycles. The van der Waals surface area contributed by atoms with Crippen molar-refractivity contribution < 1.29 is 9.18 Å². The van der Waals surface area contributed by atoms with Crippen LogP contribution in [0.4, 0.5) is 4.39 Å². The molecule has 1 aromatic rings. The normalized spacial score (nSPS) is 14.7. The summed E-state index contributed by atoms with van der Waals surface area (Å²) < 4.78 is 13.0. The molecule has 3 nitrogen and oxygen atoms in total. The molecule has 2 atom stereocenters. The largest absolute Gasteiger partial charge is 0.348 e. The third kappa shape index (κ3) is 4.60. The number of benzene rings is 1. The molecule has 1 rings (SSSR count). The summed E-state index contributed by atoms with van der Waals surface area (Å²) in [4.78, 5) is 12.2. The fourth-order valence-electron chi connectivity index (χ4n) is 2.14. The lowest BCUT2D eigenvalue weighted by Crippen LogP contribution is -2.41. The van der Waals surface area contributed by atoms with Crippen LogP contribution in [0.2, 0.25) is 0 Å². The van der Waals surface area contributed by atoms with Gasteiger partial charge in [0, 0.05) is 12.5 Å². The van der Waals surface area contributed by atoms with Crippen molar-refractivity contribution in [2.75, 3.05) is 13.6 Å². The average Bonchev–Trinajstić information content (AvgIpc) is 2.36. The van der Waals surface area contributed by atoms with Crippen LogP contribution in [0, 0.1) is 17.2 Å². The highest BCUT2D eigenvalue weighted by atomic mass is 19.1. The van der Waals surface area contributed by atoms with Gasteiger partial charge in [0.15, 0.2) is 0 Å². The number of hydrogen-bond acceptors (Lipinski definition) is 2. The van der Waals surface area contributed by atoms with E-state index < -0.39 is 0 Å². The number of rotatable bonds is 5. The number of carbonyl (C=O) groups excluding carboxylic acids is 1. The van der Waals surface area contributed by atoms with Crippen molar-refractivity contribution in [2.24, 2.45) is 11.3 Å². The minimum Gasteiger partial charge on any atom is -0.348 e. The Balaban J connectivity index is 2.91. The van der Waals surface area contributed by atoms with E-state index in [9.17, 15) is 9.18 Å².